The van der Waals surface area contributed by atoms with Crippen LogP contribution in [0.15, 0.2) is 24.3 Å². The maximum absolute atomic E-state index is 12.0. The van der Waals surface area contributed by atoms with Gasteiger partial charge in [-0.15, -0.1) is 0 Å². The smallest absolute Gasteiger partial charge is 0.239 e. The van der Waals surface area contributed by atoms with Crippen LogP contribution in [0.2, 0.25) is 0 Å². The number of hydrogen-bond donors (Lipinski definition) is 1. The molecule has 0 saturated carbocycles. The standard InChI is InChI=1S/C17H27NO3S/c1-5-6-9-12-22(20,21)13-16(19)18-15-11-8-7-10-14(15)17(2,3)4/h7-8,10-11H,5-6,9,12-13H2,1-4H3,(H,18,19). The van der Waals surface area contributed by atoms with Gasteiger partial charge in [0, 0.05) is 5.69 Å². The van der Waals surface area contributed by atoms with Crippen LogP contribution in [0.4, 0.5) is 5.69 Å². The van der Waals surface area contributed by atoms with Crippen LogP contribution in [0.5, 0.6) is 0 Å². The molecule has 1 amide bonds. The number of amides is 1. The molecule has 5 heteroatoms. The normalized spacial score (nSPS) is 12.2. The van der Waals surface area contributed by atoms with Crippen LogP contribution in [0, 0.1) is 0 Å². The molecule has 1 aromatic rings. The Labute approximate surface area is 134 Å². The molecule has 1 aromatic carbocycles. The van der Waals surface area contributed by atoms with Crippen molar-refractivity contribution in [1.29, 1.82) is 0 Å². The average molecular weight is 325 g/mol. The molecule has 0 atom stereocenters. The number of benzene rings is 1. The third kappa shape index (κ3) is 6.18. The van der Waals surface area contributed by atoms with Crippen molar-refractivity contribution in [3.63, 3.8) is 0 Å². The summed E-state index contributed by atoms with van der Waals surface area (Å²) in [5.41, 5.74) is 1.56. The van der Waals surface area contributed by atoms with Crippen molar-refractivity contribution < 1.29 is 13.2 Å². The molecular weight excluding hydrogens is 298 g/mol. The first-order valence-electron chi connectivity index (χ1n) is 7.75. The van der Waals surface area contributed by atoms with Gasteiger partial charge in [-0.2, -0.15) is 0 Å². The number of anilines is 1. The van der Waals surface area contributed by atoms with Gasteiger partial charge in [-0.3, -0.25) is 4.79 Å². The van der Waals surface area contributed by atoms with Crippen LogP contribution < -0.4 is 5.32 Å². The number of hydrogen-bond acceptors (Lipinski definition) is 3. The monoisotopic (exact) mass is 325 g/mol. The van der Waals surface area contributed by atoms with Gasteiger partial charge in [0.05, 0.1) is 5.75 Å². The highest BCUT2D eigenvalue weighted by atomic mass is 32.2. The predicted octanol–water partition coefficient (Wildman–Crippen LogP) is 3.53. The van der Waals surface area contributed by atoms with E-state index in [1.165, 1.54) is 0 Å². The van der Waals surface area contributed by atoms with Crippen LogP contribution in [0.25, 0.3) is 0 Å². The fraction of sp³-hybridized carbons (Fsp3) is 0.588. The van der Waals surface area contributed by atoms with Crippen molar-refractivity contribution in [3.05, 3.63) is 29.8 Å². The van der Waals surface area contributed by atoms with E-state index >= 15 is 0 Å². The molecule has 4 nitrogen and oxygen atoms in total. The second-order valence-electron chi connectivity index (χ2n) is 6.64. The molecule has 124 valence electrons. The Morgan fingerprint density at radius 1 is 1.14 bits per heavy atom. The van der Waals surface area contributed by atoms with Crippen molar-refractivity contribution >= 4 is 21.4 Å². The van der Waals surface area contributed by atoms with Crippen molar-refractivity contribution in [2.45, 2.75) is 52.4 Å². The minimum Gasteiger partial charge on any atom is -0.325 e. The molecule has 0 aliphatic heterocycles. The van der Waals surface area contributed by atoms with Crippen molar-refractivity contribution in [2.75, 3.05) is 16.8 Å². The maximum Gasteiger partial charge on any atom is 0.239 e. The number of carbonyl (C=O) groups excluding carboxylic acids is 1. The number of unbranched alkanes of at least 4 members (excludes halogenated alkanes) is 2. The van der Waals surface area contributed by atoms with Gasteiger partial charge in [0.25, 0.3) is 0 Å². The number of para-hydroxylation sites is 1. The highest BCUT2D eigenvalue weighted by Crippen LogP contribution is 2.29. The zero-order valence-electron chi connectivity index (χ0n) is 14.0. The lowest BCUT2D eigenvalue weighted by Crippen LogP contribution is -2.26. The zero-order chi connectivity index (χ0) is 16.8. The Bertz CT molecular complexity index is 601. The molecule has 1 rings (SSSR count). The van der Waals surface area contributed by atoms with E-state index in [9.17, 15) is 13.2 Å². The molecule has 0 saturated heterocycles. The van der Waals surface area contributed by atoms with E-state index in [0.717, 1.165) is 18.4 Å². The molecule has 0 unspecified atom stereocenters. The maximum atomic E-state index is 12.0. The van der Waals surface area contributed by atoms with Crippen molar-refractivity contribution in [3.8, 4) is 0 Å². The van der Waals surface area contributed by atoms with Gasteiger partial charge >= 0.3 is 0 Å². The van der Waals surface area contributed by atoms with Gasteiger partial charge in [-0.05, 0) is 23.5 Å². The number of nitrogens with one attached hydrogen (secondary N) is 1. The Morgan fingerprint density at radius 2 is 1.77 bits per heavy atom. The fourth-order valence-electron chi connectivity index (χ4n) is 2.28. The summed E-state index contributed by atoms with van der Waals surface area (Å²) in [4.78, 5) is 12.0. The van der Waals surface area contributed by atoms with Gasteiger partial charge in [-0.25, -0.2) is 8.42 Å². The minimum atomic E-state index is -3.33. The molecule has 0 radical (unpaired) electrons. The molecule has 0 bridgehead atoms. The Hall–Kier alpha value is -1.36. The molecule has 22 heavy (non-hydrogen) atoms. The van der Waals surface area contributed by atoms with E-state index in [-0.39, 0.29) is 11.2 Å². The second kappa shape index (κ2) is 7.77. The summed E-state index contributed by atoms with van der Waals surface area (Å²) in [6, 6.07) is 7.51. The van der Waals surface area contributed by atoms with Gasteiger partial charge < -0.3 is 5.32 Å². The van der Waals surface area contributed by atoms with Crippen LogP contribution in [-0.4, -0.2) is 25.8 Å². The van der Waals surface area contributed by atoms with E-state index in [2.05, 4.69) is 26.1 Å². The summed E-state index contributed by atoms with van der Waals surface area (Å²) in [6.45, 7) is 8.18. The van der Waals surface area contributed by atoms with Gasteiger partial charge in [0.15, 0.2) is 9.84 Å². The van der Waals surface area contributed by atoms with E-state index in [4.69, 9.17) is 0 Å². The molecular formula is C17H27NO3S. The summed E-state index contributed by atoms with van der Waals surface area (Å²) < 4.78 is 23.9. The lowest BCUT2D eigenvalue weighted by Gasteiger charge is -2.23. The lowest BCUT2D eigenvalue weighted by molar-refractivity contribution is -0.113. The highest BCUT2D eigenvalue weighted by Gasteiger charge is 2.21. The first kappa shape index (κ1) is 18.7. The average Bonchev–Trinajstić information content (AvgIpc) is 2.37. The number of sulfone groups is 1. The first-order valence-corrected chi connectivity index (χ1v) is 9.57. The van der Waals surface area contributed by atoms with Crippen molar-refractivity contribution in [1.82, 2.24) is 0 Å². The summed E-state index contributed by atoms with van der Waals surface area (Å²) in [6.07, 6.45) is 2.44. The van der Waals surface area contributed by atoms with Gasteiger partial charge in [0.2, 0.25) is 5.91 Å². The molecule has 0 aliphatic carbocycles. The Morgan fingerprint density at radius 3 is 2.36 bits per heavy atom. The quantitative estimate of drug-likeness (QED) is 0.780. The van der Waals surface area contributed by atoms with Crippen LogP contribution >= 0.6 is 0 Å². The number of carbonyl (C=O) groups is 1. The second-order valence-corrected chi connectivity index (χ2v) is 8.83. The zero-order valence-corrected chi connectivity index (χ0v) is 14.8. The van der Waals surface area contributed by atoms with E-state index in [1.807, 2.05) is 31.2 Å². The largest absolute Gasteiger partial charge is 0.325 e. The number of rotatable bonds is 7. The molecule has 0 aliphatic rings. The molecule has 1 N–H and O–H groups in total. The lowest BCUT2D eigenvalue weighted by atomic mass is 9.86. The third-order valence-corrected chi connectivity index (χ3v) is 5.03. The summed E-state index contributed by atoms with van der Waals surface area (Å²) in [7, 11) is -3.33. The SMILES string of the molecule is CCCCCS(=O)(=O)CC(=O)Nc1ccccc1C(C)(C)C. The van der Waals surface area contributed by atoms with E-state index in [1.54, 1.807) is 0 Å². The van der Waals surface area contributed by atoms with E-state index in [0.29, 0.717) is 12.1 Å². The van der Waals surface area contributed by atoms with E-state index < -0.39 is 21.5 Å². The minimum absolute atomic E-state index is 0.0785. The van der Waals surface area contributed by atoms with Crippen LogP contribution in [-0.2, 0) is 20.0 Å². The predicted molar refractivity (Wildman–Crippen MR) is 92.0 cm³/mol. The molecule has 0 aromatic heterocycles. The van der Waals surface area contributed by atoms with Gasteiger partial charge in [-0.1, -0.05) is 58.7 Å². The third-order valence-electron chi connectivity index (χ3n) is 3.42. The van der Waals surface area contributed by atoms with Gasteiger partial charge in [0.1, 0.15) is 5.75 Å². The molecule has 0 spiro atoms. The van der Waals surface area contributed by atoms with Crippen LogP contribution in [0.1, 0.15) is 52.5 Å². The molecule has 0 heterocycles. The Balaban J connectivity index is 2.74. The first-order chi connectivity index (χ1) is 10.2. The summed E-state index contributed by atoms with van der Waals surface area (Å²) in [5, 5.41) is 2.75. The Kier molecular flexibility index (Phi) is 6.60. The van der Waals surface area contributed by atoms with Crippen LogP contribution in [0.3, 0.4) is 0 Å². The summed E-state index contributed by atoms with van der Waals surface area (Å²) in [5.74, 6) is -0.835. The fourth-order valence-corrected chi connectivity index (χ4v) is 3.54. The topological polar surface area (TPSA) is 63.2 Å². The summed E-state index contributed by atoms with van der Waals surface area (Å²) >= 11 is 0. The molecule has 0 fully saturated rings. The van der Waals surface area contributed by atoms with Crippen molar-refractivity contribution in [2.24, 2.45) is 0 Å². The highest BCUT2D eigenvalue weighted by molar-refractivity contribution is 7.92.